The molecule has 1 aromatic heterocycles. The summed E-state index contributed by atoms with van der Waals surface area (Å²) in [5, 5.41) is 3.41. The topological polar surface area (TPSA) is 12.0 Å². The van der Waals surface area contributed by atoms with E-state index in [0.29, 0.717) is 6.04 Å². The van der Waals surface area contributed by atoms with Crippen LogP contribution in [0, 0.1) is 6.92 Å². The van der Waals surface area contributed by atoms with Crippen LogP contribution in [0.3, 0.4) is 0 Å². The quantitative estimate of drug-likeness (QED) is 0.769. The average Bonchev–Trinajstić information content (AvgIpc) is 2.76. The number of nitrogens with one attached hydrogen (secondary N) is 1. The molecule has 0 bridgehead atoms. The van der Waals surface area contributed by atoms with Gasteiger partial charge in [-0.1, -0.05) is 28.1 Å². The molecule has 4 heteroatoms. The normalized spacial score (nSPS) is 12.7. The highest BCUT2D eigenvalue weighted by atomic mass is 79.9. The van der Waals surface area contributed by atoms with Gasteiger partial charge in [0.15, 0.2) is 0 Å². The second kappa shape index (κ2) is 6.33. The van der Waals surface area contributed by atoms with Crippen LogP contribution in [0.2, 0.25) is 0 Å². The summed E-state index contributed by atoms with van der Waals surface area (Å²) in [6.07, 6.45) is 1.02. The summed E-state index contributed by atoms with van der Waals surface area (Å²) in [5.74, 6) is 0. The predicted octanol–water partition coefficient (Wildman–Crippen LogP) is 5.08. The fourth-order valence-corrected chi connectivity index (χ4v) is 3.94. The van der Waals surface area contributed by atoms with E-state index in [2.05, 4.69) is 74.4 Å². The molecule has 1 nitrogen and oxygen atoms in total. The number of hydrogen-bond donors (Lipinski definition) is 1. The van der Waals surface area contributed by atoms with E-state index in [-0.39, 0.29) is 0 Å². The summed E-state index contributed by atoms with van der Waals surface area (Å²) in [6, 6.07) is 11.0. The first-order chi connectivity index (χ1) is 8.61. The van der Waals surface area contributed by atoms with Crippen molar-refractivity contribution in [1.82, 2.24) is 5.32 Å². The molecule has 1 unspecified atom stereocenters. The molecule has 1 heterocycles. The standard InChI is InChI=1S/C14H15Br2NS/c1-9-11(4-3-5-12(9)15)13(17-2)8-10-6-7-14(16)18-10/h3-7,13,17H,8H2,1-2H3. The van der Waals surface area contributed by atoms with Crippen LogP contribution in [0.4, 0.5) is 0 Å². The van der Waals surface area contributed by atoms with Crippen molar-refractivity contribution in [1.29, 1.82) is 0 Å². The van der Waals surface area contributed by atoms with Gasteiger partial charge in [0.2, 0.25) is 0 Å². The van der Waals surface area contributed by atoms with Gasteiger partial charge in [-0.3, -0.25) is 0 Å². The summed E-state index contributed by atoms with van der Waals surface area (Å²) in [5.41, 5.74) is 2.67. The van der Waals surface area contributed by atoms with Gasteiger partial charge < -0.3 is 5.32 Å². The Labute approximate surface area is 129 Å². The molecular formula is C14H15Br2NS. The van der Waals surface area contributed by atoms with E-state index in [1.54, 1.807) is 11.3 Å². The highest BCUT2D eigenvalue weighted by Gasteiger charge is 2.14. The third-order valence-electron chi connectivity index (χ3n) is 3.07. The van der Waals surface area contributed by atoms with E-state index < -0.39 is 0 Å². The maximum Gasteiger partial charge on any atom is 0.0701 e. The molecule has 0 aliphatic heterocycles. The van der Waals surface area contributed by atoms with Gasteiger partial charge in [-0.15, -0.1) is 11.3 Å². The highest BCUT2D eigenvalue weighted by molar-refractivity contribution is 9.11. The molecular weight excluding hydrogens is 374 g/mol. The molecule has 2 rings (SSSR count). The van der Waals surface area contributed by atoms with Crippen molar-refractivity contribution in [2.24, 2.45) is 0 Å². The fourth-order valence-electron chi connectivity index (χ4n) is 2.03. The number of halogens is 2. The first kappa shape index (κ1) is 14.3. The van der Waals surface area contributed by atoms with Crippen molar-refractivity contribution in [3.8, 4) is 0 Å². The van der Waals surface area contributed by atoms with E-state index in [4.69, 9.17) is 0 Å². The van der Waals surface area contributed by atoms with E-state index in [1.165, 1.54) is 24.3 Å². The van der Waals surface area contributed by atoms with Gasteiger partial charge in [0, 0.05) is 21.8 Å². The maximum absolute atomic E-state index is 3.60. The van der Waals surface area contributed by atoms with Crippen LogP contribution in [-0.4, -0.2) is 7.05 Å². The second-order valence-corrected chi connectivity index (χ2v) is 7.61. The first-order valence-electron chi connectivity index (χ1n) is 5.78. The molecule has 0 amide bonds. The summed E-state index contributed by atoms with van der Waals surface area (Å²) in [7, 11) is 2.02. The predicted molar refractivity (Wildman–Crippen MR) is 86.4 cm³/mol. The van der Waals surface area contributed by atoms with E-state index >= 15 is 0 Å². The molecule has 2 aromatic rings. The van der Waals surface area contributed by atoms with Crippen LogP contribution in [0.25, 0.3) is 0 Å². The van der Waals surface area contributed by atoms with Crippen LogP contribution < -0.4 is 5.32 Å². The lowest BCUT2D eigenvalue weighted by Gasteiger charge is -2.19. The molecule has 18 heavy (non-hydrogen) atoms. The minimum Gasteiger partial charge on any atom is -0.313 e. The lowest BCUT2D eigenvalue weighted by Crippen LogP contribution is -2.19. The van der Waals surface area contributed by atoms with Gasteiger partial charge in [-0.05, 0) is 59.2 Å². The molecule has 0 saturated carbocycles. The Morgan fingerprint density at radius 1 is 1.22 bits per heavy atom. The number of rotatable bonds is 4. The second-order valence-electron chi connectivity index (χ2n) is 4.21. The number of hydrogen-bond acceptors (Lipinski definition) is 2. The van der Waals surface area contributed by atoms with Gasteiger partial charge in [-0.25, -0.2) is 0 Å². The Morgan fingerprint density at radius 2 is 2.00 bits per heavy atom. The van der Waals surface area contributed by atoms with Gasteiger partial charge in [-0.2, -0.15) is 0 Å². The van der Waals surface area contributed by atoms with Gasteiger partial charge in [0.1, 0.15) is 0 Å². The average molecular weight is 389 g/mol. The van der Waals surface area contributed by atoms with Crippen molar-refractivity contribution in [2.75, 3.05) is 7.05 Å². The minimum atomic E-state index is 0.355. The Kier molecular flexibility index (Phi) is 5.01. The number of benzene rings is 1. The molecule has 1 N–H and O–H groups in total. The van der Waals surface area contributed by atoms with Crippen molar-refractivity contribution in [3.63, 3.8) is 0 Å². The molecule has 0 spiro atoms. The molecule has 1 atom stereocenters. The monoisotopic (exact) mass is 387 g/mol. The van der Waals surface area contributed by atoms with Crippen LogP contribution in [0.1, 0.15) is 22.0 Å². The molecule has 0 radical (unpaired) electrons. The van der Waals surface area contributed by atoms with E-state index in [9.17, 15) is 0 Å². The summed E-state index contributed by atoms with van der Waals surface area (Å²) < 4.78 is 2.37. The molecule has 1 aromatic carbocycles. The van der Waals surface area contributed by atoms with Crippen molar-refractivity contribution >= 4 is 43.2 Å². The van der Waals surface area contributed by atoms with Crippen LogP contribution in [0.15, 0.2) is 38.6 Å². The van der Waals surface area contributed by atoms with Crippen molar-refractivity contribution < 1.29 is 0 Å². The Balaban J connectivity index is 2.25. The van der Waals surface area contributed by atoms with E-state index in [1.807, 2.05) is 7.05 Å². The summed E-state index contributed by atoms with van der Waals surface area (Å²) in [6.45, 7) is 2.16. The van der Waals surface area contributed by atoms with E-state index in [0.717, 1.165) is 6.42 Å². The van der Waals surface area contributed by atoms with Crippen LogP contribution in [0.5, 0.6) is 0 Å². The Hall–Kier alpha value is -0.160. The van der Waals surface area contributed by atoms with Crippen molar-refractivity contribution in [3.05, 3.63) is 54.6 Å². The molecule has 0 saturated heterocycles. The SMILES string of the molecule is CNC(Cc1ccc(Br)s1)c1cccc(Br)c1C. The highest BCUT2D eigenvalue weighted by Crippen LogP contribution is 2.30. The molecule has 96 valence electrons. The summed E-state index contributed by atoms with van der Waals surface area (Å²) >= 11 is 8.92. The summed E-state index contributed by atoms with van der Waals surface area (Å²) in [4.78, 5) is 1.39. The fraction of sp³-hybridized carbons (Fsp3) is 0.286. The van der Waals surface area contributed by atoms with Gasteiger partial charge >= 0.3 is 0 Å². The number of thiophene rings is 1. The van der Waals surface area contributed by atoms with Gasteiger partial charge in [0.25, 0.3) is 0 Å². The Morgan fingerprint density at radius 3 is 2.61 bits per heavy atom. The molecule has 0 aliphatic rings. The smallest absolute Gasteiger partial charge is 0.0701 e. The largest absolute Gasteiger partial charge is 0.313 e. The third-order valence-corrected chi connectivity index (χ3v) is 5.57. The zero-order chi connectivity index (χ0) is 13.1. The van der Waals surface area contributed by atoms with Crippen molar-refractivity contribution in [2.45, 2.75) is 19.4 Å². The Bertz CT molecular complexity index is 536. The molecule has 0 aliphatic carbocycles. The van der Waals surface area contributed by atoms with Gasteiger partial charge in [0.05, 0.1) is 3.79 Å². The first-order valence-corrected chi connectivity index (χ1v) is 8.18. The zero-order valence-corrected chi connectivity index (χ0v) is 14.3. The minimum absolute atomic E-state index is 0.355. The number of likely N-dealkylation sites (N-methyl/N-ethyl adjacent to an activating group) is 1. The van der Waals surface area contributed by atoms with Crippen LogP contribution >= 0.6 is 43.2 Å². The molecule has 0 fully saturated rings. The lowest BCUT2D eigenvalue weighted by atomic mass is 9.98. The lowest BCUT2D eigenvalue weighted by molar-refractivity contribution is 0.593. The van der Waals surface area contributed by atoms with Crippen LogP contribution in [-0.2, 0) is 6.42 Å². The maximum atomic E-state index is 3.60. The zero-order valence-electron chi connectivity index (χ0n) is 10.3. The third kappa shape index (κ3) is 3.23.